The molecule has 0 amide bonds. The zero-order chi connectivity index (χ0) is 9.84. The molecular formula is C8H7ClO3S. The molecule has 0 saturated carbocycles. The Kier molecular flexibility index (Phi) is 3.45. The Balaban J connectivity index is 2.90. The molecule has 0 atom stereocenters. The van der Waals surface area contributed by atoms with E-state index in [1.165, 1.54) is 6.26 Å². The average Bonchev–Trinajstić information content (AvgIpc) is 2.09. The summed E-state index contributed by atoms with van der Waals surface area (Å²) < 4.78 is 10.2. The van der Waals surface area contributed by atoms with Gasteiger partial charge in [0.15, 0.2) is 5.75 Å². The topological polar surface area (TPSA) is 39.4 Å². The van der Waals surface area contributed by atoms with Crippen LogP contribution in [0.4, 0.5) is 0 Å². The minimum atomic E-state index is -0.549. The number of rotatable bonds is 2. The fourth-order valence-corrected chi connectivity index (χ4v) is 1.03. The van der Waals surface area contributed by atoms with E-state index in [0.29, 0.717) is 10.3 Å². The van der Waals surface area contributed by atoms with Crippen molar-refractivity contribution < 1.29 is 13.9 Å². The van der Waals surface area contributed by atoms with Crippen molar-refractivity contribution >= 4 is 29.8 Å². The first-order valence-electron chi connectivity index (χ1n) is 3.49. The van der Waals surface area contributed by atoms with Gasteiger partial charge < -0.3 is 9.15 Å². The second-order valence-electron chi connectivity index (χ2n) is 2.33. The van der Waals surface area contributed by atoms with Crippen LogP contribution in [0.15, 0.2) is 16.7 Å². The molecule has 0 radical (unpaired) electrons. The maximum Gasteiger partial charge on any atom is 0.326 e. The molecule has 0 bridgehead atoms. The summed E-state index contributed by atoms with van der Waals surface area (Å²) in [6, 6.07) is 1.60. The van der Waals surface area contributed by atoms with Gasteiger partial charge in [0, 0.05) is 0 Å². The second kappa shape index (κ2) is 4.39. The van der Waals surface area contributed by atoms with Crippen LogP contribution in [-0.4, -0.2) is 11.8 Å². The van der Waals surface area contributed by atoms with Gasteiger partial charge in [-0.2, -0.15) is 0 Å². The maximum absolute atomic E-state index is 10.8. The van der Waals surface area contributed by atoms with Crippen molar-refractivity contribution in [1.82, 2.24) is 0 Å². The van der Waals surface area contributed by atoms with Gasteiger partial charge in [0.05, 0.1) is 4.51 Å². The van der Waals surface area contributed by atoms with E-state index in [1.807, 2.05) is 0 Å². The highest BCUT2D eigenvalue weighted by molar-refractivity contribution is 7.71. The van der Waals surface area contributed by atoms with Crippen molar-refractivity contribution in [2.75, 3.05) is 5.88 Å². The standard InChI is InChI=1S/C8H7ClO3S/c1-5-2-7(13)6(4-11-5)12-8(10)3-9/h2,4H,3H2,1H3. The van der Waals surface area contributed by atoms with Gasteiger partial charge in [0.25, 0.3) is 0 Å². The Bertz CT molecular complexity index is 372. The molecule has 0 aliphatic heterocycles. The number of alkyl halides is 1. The number of carbonyl (C=O) groups excluding carboxylic acids is 1. The van der Waals surface area contributed by atoms with E-state index in [0.717, 1.165) is 0 Å². The molecule has 1 rings (SSSR count). The molecule has 0 N–H and O–H groups in total. The van der Waals surface area contributed by atoms with Crippen molar-refractivity contribution in [3.8, 4) is 5.75 Å². The first kappa shape index (κ1) is 10.2. The van der Waals surface area contributed by atoms with E-state index in [-0.39, 0.29) is 11.6 Å². The molecule has 0 aromatic carbocycles. The number of aryl methyl sites for hydroxylation is 1. The third-order valence-corrected chi connectivity index (χ3v) is 1.80. The first-order chi connectivity index (χ1) is 6.13. The normalized spacial score (nSPS) is 9.69. The summed E-state index contributed by atoms with van der Waals surface area (Å²) in [4.78, 5) is 10.8. The van der Waals surface area contributed by atoms with Crippen LogP contribution in [0.2, 0.25) is 0 Å². The largest absolute Gasteiger partial charge is 0.466 e. The zero-order valence-electron chi connectivity index (χ0n) is 6.87. The smallest absolute Gasteiger partial charge is 0.326 e. The van der Waals surface area contributed by atoms with Gasteiger partial charge in [-0.1, -0.05) is 12.2 Å². The summed E-state index contributed by atoms with van der Waals surface area (Å²) in [5.41, 5.74) is 0. The quantitative estimate of drug-likeness (QED) is 0.434. The van der Waals surface area contributed by atoms with E-state index in [1.54, 1.807) is 13.0 Å². The van der Waals surface area contributed by atoms with Gasteiger partial charge in [-0.25, -0.2) is 0 Å². The predicted molar refractivity (Wildman–Crippen MR) is 50.6 cm³/mol. The fourth-order valence-electron chi connectivity index (χ4n) is 0.719. The number of ether oxygens (including phenoxy) is 1. The third kappa shape index (κ3) is 2.82. The van der Waals surface area contributed by atoms with Crippen molar-refractivity contribution in [1.29, 1.82) is 0 Å². The van der Waals surface area contributed by atoms with Crippen LogP contribution < -0.4 is 4.74 Å². The number of esters is 1. The van der Waals surface area contributed by atoms with Crippen LogP contribution in [-0.2, 0) is 4.79 Å². The number of hydrogen-bond acceptors (Lipinski definition) is 4. The van der Waals surface area contributed by atoms with E-state index >= 15 is 0 Å². The summed E-state index contributed by atoms with van der Waals surface area (Å²) in [5, 5.41) is 0. The first-order valence-corrected chi connectivity index (χ1v) is 4.44. The molecule has 0 unspecified atom stereocenters. The average molecular weight is 219 g/mol. The van der Waals surface area contributed by atoms with Crippen LogP contribution in [0.3, 0.4) is 0 Å². The van der Waals surface area contributed by atoms with Crippen LogP contribution in [0.1, 0.15) is 5.76 Å². The molecule has 1 aromatic heterocycles. The lowest BCUT2D eigenvalue weighted by Crippen LogP contribution is -2.09. The molecule has 13 heavy (non-hydrogen) atoms. The fraction of sp³-hybridized carbons (Fsp3) is 0.250. The Hall–Kier alpha value is -0.870. The minimum absolute atomic E-state index is 0.206. The van der Waals surface area contributed by atoms with E-state index in [2.05, 4.69) is 0 Å². The van der Waals surface area contributed by atoms with Crippen LogP contribution in [0.5, 0.6) is 5.75 Å². The second-order valence-corrected chi connectivity index (χ2v) is 3.03. The highest BCUT2D eigenvalue weighted by Gasteiger charge is 2.05. The van der Waals surface area contributed by atoms with Gasteiger partial charge >= 0.3 is 5.97 Å². The number of halogens is 1. The summed E-state index contributed by atoms with van der Waals surface area (Å²) in [6.07, 6.45) is 1.29. The zero-order valence-corrected chi connectivity index (χ0v) is 8.45. The summed E-state index contributed by atoms with van der Waals surface area (Å²) in [7, 11) is 0. The third-order valence-electron chi connectivity index (χ3n) is 1.26. The molecule has 0 aliphatic carbocycles. The van der Waals surface area contributed by atoms with Gasteiger partial charge in [0.2, 0.25) is 0 Å². The molecule has 3 nitrogen and oxygen atoms in total. The van der Waals surface area contributed by atoms with Crippen LogP contribution in [0, 0.1) is 11.4 Å². The SMILES string of the molecule is Cc1cc(=S)c(OC(=O)CCl)co1. The van der Waals surface area contributed by atoms with Crippen molar-refractivity contribution in [2.24, 2.45) is 0 Å². The Morgan fingerprint density at radius 2 is 2.46 bits per heavy atom. The van der Waals surface area contributed by atoms with Crippen LogP contribution in [0.25, 0.3) is 0 Å². The van der Waals surface area contributed by atoms with E-state index in [9.17, 15) is 4.79 Å². The lowest BCUT2D eigenvalue weighted by molar-refractivity contribution is -0.131. The molecule has 1 aromatic rings. The molecule has 0 spiro atoms. The van der Waals surface area contributed by atoms with Gasteiger partial charge in [-0.15, -0.1) is 11.6 Å². The predicted octanol–water partition coefficient (Wildman–Crippen LogP) is 2.46. The molecule has 1 heterocycles. The molecule has 0 aliphatic rings. The summed E-state index contributed by atoms with van der Waals surface area (Å²) >= 11 is 10.2. The van der Waals surface area contributed by atoms with Crippen molar-refractivity contribution in [3.05, 3.63) is 22.6 Å². The Morgan fingerprint density at radius 3 is 3.00 bits per heavy atom. The van der Waals surface area contributed by atoms with Crippen LogP contribution >= 0.6 is 23.8 Å². The molecule has 0 saturated heterocycles. The summed E-state index contributed by atoms with van der Waals surface area (Å²) in [5.74, 6) is 0.136. The minimum Gasteiger partial charge on any atom is -0.466 e. The van der Waals surface area contributed by atoms with Crippen molar-refractivity contribution in [3.63, 3.8) is 0 Å². The lowest BCUT2D eigenvalue weighted by atomic mass is 10.4. The monoisotopic (exact) mass is 218 g/mol. The molecule has 0 fully saturated rings. The Morgan fingerprint density at radius 1 is 1.77 bits per heavy atom. The van der Waals surface area contributed by atoms with E-state index in [4.69, 9.17) is 33.0 Å². The van der Waals surface area contributed by atoms with Gasteiger partial charge in [-0.05, 0) is 13.0 Å². The van der Waals surface area contributed by atoms with Gasteiger partial charge in [0.1, 0.15) is 17.9 Å². The number of carbonyl (C=O) groups is 1. The molecule has 5 heteroatoms. The lowest BCUT2D eigenvalue weighted by Gasteiger charge is -2.01. The highest BCUT2D eigenvalue weighted by Crippen LogP contribution is 2.15. The molecular weight excluding hydrogens is 212 g/mol. The van der Waals surface area contributed by atoms with E-state index < -0.39 is 5.97 Å². The van der Waals surface area contributed by atoms with Gasteiger partial charge in [-0.3, -0.25) is 4.79 Å². The Labute approximate surface area is 85.3 Å². The maximum atomic E-state index is 10.8. The number of hydrogen-bond donors (Lipinski definition) is 0. The molecule has 70 valence electrons. The highest BCUT2D eigenvalue weighted by atomic mass is 35.5. The summed E-state index contributed by atoms with van der Waals surface area (Å²) in [6.45, 7) is 1.75. The van der Waals surface area contributed by atoms with Crippen molar-refractivity contribution in [2.45, 2.75) is 6.92 Å².